The van der Waals surface area contributed by atoms with Gasteiger partial charge in [-0.25, -0.2) is 4.79 Å². The molecule has 1 aliphatic heterocycles. The zero-order chi connectivity index (χ0) is 10.2. The molecular weight excluding hydrogens is 170 g/mol. The smallest absolute Gasteiger partial charge is 0.315 e. The summed E-state index contributed by atoms with van der Waals surface area (Å²) in [5.74, 6) is -0.659. The van der Waals surface area contributed by atoms with E-state index >= 15 is 0 Å². The average molecular weight is 185 g/mol. The van der Waals surface area contributed by atoms with Crippen molar-refractivity contribution in [2.24, 2.45) is 17.4 Å². The highest BCUT2D eigenvalue weighted by Crippen LogP contribution is 2.33. The lowest BCUT2D eigenvalue weighted by atomic mass is 9.88. The molecule has 3 amide bonds. The van der Waals surface area contributed by atoms with Gasteiger partial charge < -0.3 is 16.4 Å². The second kappa shape index (κ2) is 2.90. The summed E-state index contributed by atoms with van der Waals surface area (Å²) in [4.78, 5) is 23.5. The molecule has 1 rings (SSSR count). The summed E-state index contributed by atoms with van der Waals surface area (Å²) in [7, 11) is 0. The zero-order valence-electron chi connectivity index (χ0n) is 7.91. The first-order valence-electron chi connectivity index (χ1n) is 4.23. The molecule has 74 valence electrons. The summed E-state index contributed by atoms with van der Waals surface area (Å²) in [6.45, 7) is 4.12. The lowest BCUT2D eigenvalue weighted by molar-refractivity contribution is -0.123. The minimum Gasteiger partial charge on any atom is -0.369 e. The molecule has 0 aromatic carbocycles. The molecule has 1 aliphatic rings. The van der Waals surface area contributed by atoms with Crippen molar-refractivity contribution in [3.8, 4) is 0 Å². The second-order valence-electron chi connectivity index (χ2n) is 3.89. The molecule has 0 radical (unpaired) electrons. The first kappa shape index (κ1) is 9.83. The van der Waals surface area contributed by atoms with Crippen molar-refractivity contribution < 1.29 is 9.59 Å². The number of nitrogens with two attached hydrogens (primary N) is 2. The third-order valence-corrected chi connectivity index (χ3v) is 2.80. The van der Waals surface area contributed by atoms with Crippen LogP contribution in [-0.4, -0.2) is 28.9 Å². The molecule has 1 fully saturated rings. The molecule has 0 aromatic heterocycles. The van der Waals surface area contributed by atoms with Crippen LogP contribution in [0.15, 0.2) is 0 Å². The number of hydrogen-bond acceptors (Lipinski definition) is 2. The van der Waals surface area contributed by atoms with E-state index in [1.165, 1.54) is 4.90 Å². The number of primary amides is 2. The molecule has 13 heavy (non-hydrogen) atoms. The van der Waals surface area contributed by atoms with Gasteiger partial charge in [0.1, 0.15) is 0 Å². The van der Waals surface area contributed by atoms with Crippen molar-refractivity contribution in [2.75, 3.05) is 6.54 Å². The van der Waals surface area contributed by atoms with Crippen molar-refractivity contribution in [1.82, 2.24) is 4.90 Å². The number of nitrogens with zero attached hydrogens (tertiary/aromatic N) is 1. The Morgan fingerprint density at radius 1 is 1.38 bits per heavy atom. The summed E-state index contributed by atoms with van der Waals surface area (Å²) in [6, 6.07) is -0.492. The summed E-state index contributed by atoms with van der Waals surface area (Å²) in [6.07, 6.45) is 0.602. The average Bonchev–Trinajstić information content (AvgIpc) is 2.24. The van der Waals surface area contributed by atoms with E-state index < -0.39 is 11.6 Å². The summed E-state index contributed by atoms with van der Waals surface area (Å²) >= 11 is 0. The van der Waals surface area contributed by atoms with Crippen molar-refractivity contribution in [2.45, 2.75) is 25.8 Å². The van der Waals surface area contributed by atoms with Crippen molar-refractivity contribution in [3.05, 3.63) is 0 Å². The molecule has 4 N–H and O–H groups in total. The number of urea groups is 1. The monoisotopic (exact) mass is 185 g/mol. The minimum atomic E-state index is -0.544. The molecule has 0 bridgehead atoms. The molecule has 1 unspecified atom stereocenters. The highest BCUT2D eigenvalue weighted by atomic mass is 16.2. The Labute approximate surface area is 77.1 Å². The molecule has 1 atom stereocenters. The molecule has 5 nitrogen and oxygen atoms in total. The van der Waals surface area contributed by atoms with Crippen molar-refractivity contribution in [3.63, 3.8) is 0 Å². The van der Waals surface area contributed by atoms with Gasteiger partial charge in [-0.1, -0.05) is 0 Å². The van der Waals surface area contributed by atoms with Gasteiger partial charge in [0, 0.05) is 6.54 Å². The lowest BCUT2D eigenvalue weighted by Crippen LogP contribution is -2.51. The van der Waals surface area contributed by atoms with Crippen LogP contribution in [0.2, 0.25) is 0 Å². The summed E-state index contributed by atoms with van der Waals surface area (Å²) in [5.41, 5.74) is 9.84. The van der Waals surface area contributed by atoms with E-state index in [4.69, 9.17) is 11.5 Å². The number of carbonyl (C=O) groups is 2. The zero-order valence-corrected chi connectivity index (χ0v) is 7.91. The van der Waals surface area contributed by atoms with Crippen LogP contribution in [0.5, 0.6) is 0 Å². The normalized spacial score (nSPS) is 26.0. The van der Waals surface area contributed by atoms with Crippen LogP contribution in [0.3, 0.4) is 0 Å². The molecule has 5 heteroatoms. The Kier molecular flexibility index (Phi) is 2.19. The Morgan fingerprint density at radius 3 is 2.15 bits per heavy atom. The Balaban J connectivity index is 2.88. The van der Waals surface area contributed by atoms with E-state index in [0.29, 0.717) is 13.0 Å². The van der Waals surface area contributed by atoms with Crippen LogP contribution in [0.4, 0.5) is 4.79 Å². The maximum atomic E-state index is 11.0. The first-order chi connectivity index (χ1) is 5.87. The summed E-state index contributed by atoms with van der Waals surface area (Å²) in [5, 5.41) is 0. The Morgan fingerprint density at radius 2 is 1.92 bits per heavy atom. The van der Waals surface area contributed by atoms with Gasteiger partial charge in [-0.2, -0.15) is 0 Å². The molecule has 0 spiro atoms. The molecule has 0 saturated carbocycles. The highest BCUT2D eigenvalue weighted by molar-refractivity contribution is 5.81. The predicted molar refractivity (Wildman–Crippen MR) is 47.7 cm³/mol. The van der Waals surface area contributed by atoms with Gasteiger partial charge in [-0.3, -0.25) is 4.79 Å². The van der Waals surface area contributed by atoms with E-state index in [0.717, 1.165) is 0 Å². The maximum Gasteiger partial charge on any atom is 0.315 e. The number of amides is 3. The van der Waals surface area contributed by atoms with Gasteiger partial charge in [-0.05, 0) is 20.3 Å². The fourth-order valence-corrected chi connectivity index (χ4v) is 1.97. The van der Waals surface area contributed by atoms with Crippen LogP contribution in [0, 0.1) is 5.92 Å². The van der Waals surface area contributed by atoms with Gasteiger partial charge >= 0.3 is 6.03 Å². The Hall–Kier alpha value is -1.26. The number of carbonyl (C=O) groups excluding carboxylic acids is 2. The largest absolute Gasteiger partial charge is 0.369 e. The topological polar surface area (TPSA) is 89.4 Å². The predicted octanol–water partition coefficient (Wildman–Crippen LogP) is -0.349. The van der Waals surface area contributed by atoms with E-state index in [1.54, 1.807) is 13.8 Å². The third-order valence-electron chi connectivity index (χ3n) is 2.80. The molecule has 1 saturated heterocycles. The van der Waals surface area contributed by atoms with Gasteiger partial charge in [0.2, 0.25) is 5.91 Å². The number of rotatable bonds is 1. The molecular formula is C8H15N3O2. The third kappa shape index (κ3) is 1.46. The van der Waals surface area contributed by atoms with Crippen molar-refractivity contribution in [1.29, 1.82) is 0 Å². The Bertz CT molecular complexity index is 226. The number of hydrogen-bond donors (Lipinski definition) is 2. The van der Waals surface area contributed by atoms with Crippen LogP contribution in [0.25, 0.3) is 0 Å². The second-order valence-corrected chi connectivity index (χ2v) is 3.89. The SMILES string of the molecule is CC1(C)C(C(N)=O)CCN1C(N)=O. The lowest BCUT2D eigenvalue weighted by Gasteiger charge is -2.33. The van der Waals surface area contributed by atoms with E-state index in [1.807, 2.05) is 0 Å². The molecule has 0 aromatic rings. The quantitative estimate of drug-likeness (QED) is 0.584. The highest BCUT2D eigenvalue weighted by Gasteiger charge is 2.45. The van der Waals surface area contributed by atoms with Crippen LogP contribution >= 0.6 is 0 Å². The summed E-state index contributed by atoms with van der Waals surface area (Å²) < 4.78 is 0. The fourth-order valence-electron chi connectivity index (χ4n) is 1.97. The van der Waals surface area contributed by atoms with Gasteiger partial charge in [-0.15, -0.1) is 0 Å². The van der Waals surface area contributed by atoms with Gasteiger partial charge in [0.25, 0.3) is 0 Å². The first-order valence-corrected chi connectivity index (χ1v) is 4.23. The van der Waals surface area contributed by atoms with E-state index in [2.05, 4.69) is 0 Å². The molecule has 1 heterocycles. The van der Waals surface area contributed by atoms with E-state index in [-0.39, 0.29) is 11.8 Å². The number of likely N-dealkylation sites (tertiary alicyclic amines) is 1. The van der Waals surface area contributed by atoms with Crippen LogP contribution in [0.1, 0.15) is 20.3 Å². The standard InChI is InChI=1S/C8H15N3O2/c1-8(2)5(6(9)12)3-4-11(8)7(10)13/h5H,3-4H2,1-2H3,(H2,9,12)(H2,10,13). The van der Waals surface area contributed by atoms with Crippen LogP contribution in [-0.2, 0) is 4.79 Å². The van der Waals surface area contributed by atoms with E-state index in [9.17, 15) is 9.59 Å². The van der Waals surface area contributed by atoms with Crippen LogP contribution < -0.4 is 11.5 Å². The van der Waals surface area contributed by atoms with Gasteiger partial charge in [0.15, 0.2) is 0 Å². The molecule has 0 aliphatic carbocycles. The maximum absolute atomic E-state index is 11.0. The van der Waals surface area contributed by atoms with Crippen molar-refractivity contribution >= 4 is 11.9 Å². The minimum absolute atomic E-state index is 0.292. The fraction of sp³-hybridized carbons (Fsp3) is 0.750. The van der Waals surface area contributed by atoms with Gasteiger partial charge in [0.05, 0.1) is 11.5 Å².